The first-order chi connectivity index (χ1) is 15.0. The summed E-state index contributed by atoms with van der Waals surface area (Å²) in [6.45, 7) is 12.6. The molecular formula is C27H37O4P. The van der Waals surface area contributed by atoms with Crippen LogP contribution in [-0.4, -0.2) is 24.3 Å². The molecule has 5 heteroatoms. The van der Waals surface area contributed by atoms with Gasteiger partial charge >= 0.3 is 5.97 Å². The summed E-state index contributed by atoms with van der Waals surface area (Å²) in [7, 11) is -3.53. The first kappa shape index (κ1) is 26.1. The van der Waals surface area contributed by atoms with Crippen molar-refractivity contribution in [3.63, 3.8) is 0 Å². The predicted molar refractivity (Wildman–Crippen MR) is 133 cm³/mol. The molecule has 0 spiro atoms. The van der Waals surface area contributed by atoms with Gasteiger partial charge in [0.2, 0.25) is 5.52 Å². The predicted octanol–water partition coefficient (Wildman–Crippen LogP) is 6.55. The number of unbranched alkanes of at least 4 members (excludes halogenated alkanes) is 2. The van der Waals surface area contributed by atoms with Crippen LogP contribution in [0.5, 0.6) is 0 Å². The summed E-state index contributed by atoms with van der Waals surface area (Å²) in [5.74, 6) is -0.401. The lowest BCUT2D eigenvalue weighted by Gasteiger charge is -2.24. The largest absolute Gasteiger partial charge is 0.466 e. The second-order valence-corrected chi connectivity index (χ2v) is 12.4. The van der Waals surface area contributed by atoms with Crippen LogP contribution in [0.4, 0.5) is 0 Å². The van der Waals surface area contributed by atoms with E-state index in [4.69, 9.17) is 4.74 Å². The van der Waals surface area contributed by atoms with Gasteiger partial charge in [-0.3, -0.25) is 9.59 Å². The van der Waals surface area contributed by atoms with E-state index in [-0.39, 0.29) is 23.5 Å². The van der Waals surface area contributed by atoms with Crippen molar-refractivity contribution < 1.29 is 18.9 Å². The zero-order valence-electron chi connectivity index (χ0n) is 20.4. The summed E-state index contributed by atoms with van der Waals surface area (Å²) in [6, 6.07) is 12.9. The van der Waals surface area contributed by atoms with Crippen molar-refractivity contribution in [3.8, 4) is 0 Å². The van der Waals surface area contributed by atoms with Gasteiger partial charge in [-0.15, -0.1) is 0 Å². The lowest BCUT2D eigenvalue weighted by molar-refractivity contribution is -0.143. The monoisotopic (exact) mass is 456 g/mol. The molecule has 2 aromatic rings. The number of hydrogen-bond donors (Lipinski definition) is 0. The molecule has 0 heterocycles. The normalized spacial score (nSPS) is 13.4. The van der Waals surface area contributed by atoms with Crippen molar-refractivity contribution in [3.05, 3.63) is 64.7 Å². The fourth-order valence-corrected chi connectivity index (χ4v) is 6.35. The molecule has 0 bridgehead atoms. The molecule has 1 unspecified atom stereocenters. The van der Waals surface area contributed by atoms with Crippen molar-refractivity contribution in [1.82, 2.24) is 0 Å². The third kappa shape index (κ3) is 6.42. The van der Waals surface area contributed by atoms with E-state index < -0.39 is 13.1 Å². The summed E-state index contributed by atoms with van der Waals surface area (Å²) in [4.78, 5) is 26.0. The van der Waals surface area contributed by atoms with Gasteiger partial charge in [-0.1, -0.05) is 83.0 Å². The molecule has 32 heavy (non-hydrogen) atoms. The van der Waals surface area contributed by atoms with E-state index in [0.29, 0.717) is 17.5 Å². The molecular weight excluding hydrogens is 419 g/mol. The third-order valence-corrected chi connectivity index (χ3v) is 8.62. The minimum absolute atomic E-state index is 0.0254. The highest BCUT2D eigenvalue weighted by Crippen LogP contribution is 2.49. The second kappa shape index (κ2) is 11.1. The smallest absolute Gasteiger partial charge is 0.306 e. The summed E-state index contributed by atoms with van der Waals surface area (Å²) >= 11 is 0. The van der Waals surface area contributed by atoms with Gasteiger partial charge in [-0.2, -0.15) is 0 Å². The molecule has 1 atom stereocenters. The molecule has 0 aliphatic carbocycles. The zero-order valence-corrected chi connectivity index (χ0v) is 21.3. The lowest BCUT2D eigenvalue weighted by atomic mass is 9.84. The average molecular weight is 457 g/mol. The highest BCUT2D eigenvalue weighted by molar-refractivity contribution is 7.87. The SMILES string of the molecule is CCCCCOC(=O)CCP(=O)(C(=O)c1c(C)cc(C(C)(C)C)cc1C)c1ccccc1. The van der Waals surface area contributed by atoms with Gasteiger partial charge in [0.15, 0.2) is 7.14 Å². The van der Waals surface area contributed by atoms with Gasteiger partial charge in [0.05, 0.1) is 13.0 Å². The van der Waals surface area contributed by atoms with Gasteiger partial charge in [0.1, 0.15) is 0 Å². The average Bonchev–Trinajstić information content (AvgIpc) is 2.74. The van der Waals surface area contributed by atoms with E-state index in [9.17, 15) is 14.2 Å². The van der Waals surface area contributed by atoms with E-state index in [1.807, 2.05) is 32.0 Å². The maximum atomic E-state index is 14.2. The van der Waals surface area contributed by atoms with Crippen molar-refractivity contribution in [2.45, 2.75) is 72.6 Å². The van der Waals surface area contributed by atoms with E-state index in [2.05, 4.69) is 27.7 Å². The number of esters is 1. The minimum atomic E-state index is -3.53. The molecule has 0 radical (unpaired) electrons. The number of carbonyl (C=O) groups is 2. The summed E-state index contributed by atoms with van der Waals surface area (Å²) < 4.78 is 19.5. The van der Waals surface area contributed by atoms with Crippen molar-refractivity contribution >= 4 is 23.9 Å². The molecule has 2 aromatic carbocycles. The quantitative estimate of drug-likeness (QED) is 0.231. The number of benzene rings is 2. The van der Waals surface area contributed by atoms with E-state index in [0.717, 1.165) is 36.0 Å². The first-order valence-corrected chi connectivity index (χ1v) is 13.4. The minimum Gasteiger partial charge on any atom is -0.466 e. The van der Waals surface area contributed by atoms with Gasteiger partial charge < -0.3 is 9.30 Å². The van der Waals surface area contributed by atoms with Crippen LogP contribution in [0.25, 0.3) is 0 Å². The number of aryl methyl sites for hydroxylation is 2. The molecule has 0 aliphatic rings. The van der Waals surface area contributed by atoms with Crippen LogP contribution in [-0.2, 0) is 19.5 Å². The first-order valence-electron chi connectivity index (χ1n) is 11.5. The Kier molecular flexibility index (Phi) is 9.04. The van der Waals surface area contributed by atoms with Crippen LogP contribution < -0.4 is 5.30 Å². The molecule has 2 rings (SSSR count). The van der Waals surface area contributed by atoms with Gasteiger partial charge in [-0.25, -0.2) is 0 Å². The fourth-order valence-electron chi connectivity index (χ4n) is 3.79. The highest BCUT2D eigenvalue weighted by atomic mass is 31.2. The molecule has 0 saturated heterocycles. The maximum Gasteiger partial charge on any atom is 0.306 e. The molecule has 0 aromatic heterocycles. The Labute approximate surface area is 193 Å². The Hall–Kier alpha value is -2.19. The summed E-state index contributed by atoms with van der Waals surface area (Å²) in [5, 5.41) is 0.488. The Morgan fingerprint density at radius 3 is 2.09 bits per heavy atom. The van der Waals surface area contributed by atoms with Crippen molar-refractivity contribution in [2.75, 3.05) is 12.8 Å². The van der Waals surface area contributed by atoms with Crippen LogP contribution in [0.15, 0.2) is 42.5 Å². The van der Waals surface area contributed by atoms with Crippen LogP contribution in [0, 0.1) is 13.8 Å². The highest BCUT2D eigenvalue weighted by Gasteiger charge is 2.37. The molecule has 4 nitrogen and oxygen atoms in total. The molecule has 0 fully saturated rings. The van der Waals surface area contributed by atoms with E-state index >= 15 is 0 Å². The van der Waals surface area contributed by atoms with Gasteiger partial charge in [0.25, 0.3) is 0 Å². The van der Waals surface area contributed by atoms with Crippen molar-refractivity contribution in [1.29, 1.82) is 0 Å². The molecule has 0 amide bonds. The number of carbonyl (C=O) groups excluding carboxylic acids is 2. The summed E-state index contributed by atoms with van der Waals surface area (Å²) in [6.07, 6.45) is 2.79. The topological polar surface area (TPSA) is 60.4 Å². The number of hydrogen-bond acceptors (Lipinski definition) is 4. The Bertz CT molecular complexity index is 963. The molecule has 0 N–H and O–H groups in total. The number of rotatable bonds is 10. The summed E-state index contributed by atoms with van der Waals surface area (Å²) in [5.41, 5.74) is 2.84. The lowest BCUT2D eigenvalue weighted by Crippen LogP contribution is -2.20. The second-order valence-electron chi connectivity index (χ2n) is 9.52. The van der Waals surface area contributed by atoms with Crippen LogP contribution in [0.2, 0.25) is 0 Å². The van der Waals surface area contributed by atoms with Gasteiger partial charge in [-0.05, 0) is 42.4 Å². The van der Waals surface area contributed by atoms with Crippen LogP contribution in [0.3, 0.4) is 0 Å². The Morgan fingerprint density at radius 1 is 0.969 bits per heavy atom. The van der Waals surface area contributed by atoms with E-state index in [1.54, 1.807) is 24.3 Å². The van der Waals surface area contributed by atoms with Crippen LogP contribution in [0.1, 0.15) is 80.4 Å². The fraction of sp³-hybridized carbons (Fsp3) is 0.481. The standard InChI is InChI=1S/C27H37O4P/c1-7-8-12-16-31-24(28)15-17-32(30,23-13-10-9-11-14-23)26(29)25-20(2)18-22(19-21(25)3)27(4,5)6/h9-11,13-14,18-19H,7-8,12,15-17H2,1-6H3. The van der Waals surface area contributed by atoms with E-state index in [1.165, 1.54) is 0 Å². The Morgan fingerprint density at radius 2 is 1.56 bits per heavy atom. The molecule has 0 aliphatic heterocycles. The maximum absolute atomic E-state index is 14.2. The number of ether oxygens (including phenoxy) is 1. The Balaban J connectivity index is 2.37. The molecule has 0 saturated carbocycles. The third-order valence-electron chi connectivity index (χ3n) is 5.76. The van der Waals surface area contributed by atoms with Crippen molar-refractivity contribution in [2.24, 2.45) is 0 Å². The van der Waals surface area contributed by atoms with Crippen LogP contribution >= 0.6 is 7.14 Å². The van der Waals surface area contributed by atoms with Gasteiger partial charge in [0, 0.05) is 17.0 Å². The zero-order chi connectivity index (χ0) is 23.9. The molecule has 174 valence electrons.